The normalized spacial score (nSPS) is 15.3. The van der Waals surface area contributed by atoms with Crippen molar-refractivity contribution in [1.82, 2.24) is 15.1 Å². The Bertz CT molecular complexity index is 1420. The van der Waals surface area contributed by atoms with Crippen molar-refractivity contribution in [3.05, 3.63) is 79.6 Å². The Labute approximate surface area is 206 Å². The molecule has 0 bridgehead atoms. The average Bonchev–Trinajstić information content (AvgIpc) is 3.06. The predicted octanol–water partition coefficient (Wildman–Crippen LogP) is 5.15. The highest BCUT2D eigenvalue weighted by Gasteiger charge is 2.38. The van der Waals surface area contributed by atoms with Crippen LogP contribution in [-0.2, 0) is 9.59 Å². The first-order valence-electron chi connectivity index (χ1n) is 10.8. The molecule has 0 spiro atoms. The van der Waals surface area contributed by atoms with E-state index in [1.165, 1.54) is 11.6 Å². The maximum atomic E-state index is 13.4. The molecule has 0 saturated carbocycles. The van der Waals surface area contributed by atoms with Crippen LogP contribution in [0.15, 0.2) is 40.4 Å². The summed E-state index contributed by atoms with van der Waals surface area (Å²) >= 11 is 3.47. The minimum absolute atomic E-state index is 0.120. The molecule has 1 saturated heterocycles. The fraction of sp³-hybridized carbons (Fsp3) is 0.231. The van der Waals surface area contributed by atoms with Crippen LogP contribution >= 0.6 is 15.9 Å². The maximum Gasteiger partial charge on any atom is 0.335 e. The minimum atomic E-state index is -0.767. The molecule has 8 heteroatoms. The standard InChI is InChI=1S/C26H25BrN4O3/c1-13-7-8-19(11-14(13)2)31-18(6)20(17(5)29-31)12-21-24(32)28-26(34)30(25(21)33)23-10-9-22(27)15(3)16(23)4/h7-12H,1-6H3,(H,28,32,34)/b21-12+. The van der Waals surface area contributed by atoms with Gasteiger partial charge in [0.25, 0.3) is 11.8 Å². The van der Waals surface area contributed by atoms with E-state index in [0.29, 0.717) is 16.9 Å². The number of rotatable bonds is 3. The lowest BCUT2D eigenvalue weighted by Gasteiger charge is -2.28. The second-order valence-electron chi connectivity index (χ2n) is 8.54. The van der Waals surface area contributed by atoms with Crippen LogP contribution in [0.25, 0.3) is 11.8 Å². The number of carbonyl (C=O) groups excluding carboxylic acids is 3. The Kier molecular flexibility index (Phi) is 6.03. The number of anilines is 1. The van der Waals surface area contributed by atoms with Gasteiger partial charge in [0.1, 0.15) is 5.57 Å². The van der Waals surface area contributed by atoms with Gasteiger partial charge in [-0.1, -0.05) is 22.0 Å². The summed E-state index contributed by atoms with van der Waals surface area (Å²) < 4.78 is 2.67. The number of benzene rings is 2. The second-order valence-corrected chi connectivity index (χ2v) is 9.39. The zero-order valence-corrected chi connectivity index (χ0v) is 21.5. The number of urea groups is 1. The molecule has 1 aliphatic rings. The number of hydrogen-bond acceptors (Lipinski definition) is 4. The van der Waals surface area contributed by atoms with Gasteiger partial charge in [-0.05, 0) is 94.1 Å². The fourth-order valence-corrected chi connectivity index (χ4v) is 4.44. The molecular weight excluding hydrogens is 496 g/mol. The van der Waals surface area contributed by atoms with E-state index in [9.17, 15) is 14.4 Å². The predicted molar refractivity (Wildman–Crippen MR) is 135 cm³/mol. The first-order chi connectivity index (χ1) is 16.0. The lowest BCUT2D eigenvalue weighted by molar-refractivity contribution is -0.122. The summed E-state index contributed by atoms with van der Waals surface area (Å²) in [5.74, 6) is -1.40. The third-order valence-electron chi connectivity index (χ3n) is 6.41. The van der Waals surface area contributed by atoms with Gasteiger partial charge in [-0.15, -0.1) is 0 Å². The van der Waals surface area contributed by atoms with Gasteiger partial charge < -0.3 is 0 Å². The fourth-order valence-electron chi connectivity index (χ4n) is 4.01. The molecule has 174 valence electrons. The third kappa shape index (κ3) is 3.88. The van der Waals surface area contributed by atoms with Gasteiger partial charge in [-0.25, -0.2) is 14.4 Å². The zero-order valence-electron chi connectivity index (χ0n) is 19.9. The van der Waals surface area contributed by atoms with Crippen LogP contribution in [-0.4, -0.2) is 27.6 Å². The number of imide groups is 2. The van der Waals surface area contributed by atoms with Crippen molar-refractivity contribution in [3.63, 3.8) is 0 Å². The van der Waals surface area contributed by atoms with E-state index in [4.69, 9.17) is 0 Å². The molecule has 4 rings (SSSR count). The molecule has 1 fully saturated rings. The topological polar surface area (TPSA) is 84.3 Å². The van der Waals surface area contributed by atoms with E-state index in [0.717, 1.165) is 37.4 Å². The van der Waals surface area contributed by atoms with Gasteiger partial charge in [0.15, 0.2) is 0 Å². The van der Waals surface area contributed by atoms with Crippen molar-refractivity contribution >= 4 is 45.5 Å². The number of nitrogens with zero attached hydrogens (tertiary/aromatic N) is 3. The monoisotopic (exact) mass is 520 g/mol. The Morgan fingerprint density at radius 3 is 2.29 bits per heavy atom. The van der Waals surface area contributed by atoms with Gasteiger partial charge in [-0.3, -0.25) is 14.9 Å². The summed E-state index contributed by atoms with van der Waals surface area (Å²) in [6.45, 7) is 11.5. The van der Waals surface area contributed by atoms with Crippen molar-refractivity contribution in [2.45, 2.75) is 41.5 Å². The lowest BCUT2D eigenvalue weighted by Crippen LogP contribution is -2.54. The number of aryl methyl sites for hydroxylation is 3. The quantitative estimate of drug-likeness (QED) is 0.382. The van der Waals surface area contributed by atoms with Gasteiger partial charge in [-0.2, -0.15) is 5.10 Å². The van der Waals surface area contributed by atoms with E-state index in [-0.39, 0.29) is 5.57 Å². The third-order valence-corrected chi connectivity index (χ3v) is 7.27. The Balaban J connectivity index is 1.80. The average molecular weight is 521 g/mol. The van der Waals surface area contributed by atoms with Crippen LogP contribution in [0.5, 0.6) is 0 Å². The Morgan fingerprint density at radius 2 is 1.62 bits per heavy atom. The lowest BCUT2D eigenvalue weighted by atomic mass is 10.0. The van der Waals surface area contributed by atoms with Crippen molar-refractivity contribution in [2.24, 2.45) is 0 Å². The molecule has 0 radical (unpaired) electrons. The molecule has 3 aromatic rings. The summed E-state index contributed by atoms with van der Waals surface area (Å²) in [5.41, 5.74) is 7.31. The van der Waals surface area contributed by atoms with Gasteiger partial charge in [0.2, 0.25) is 0 Å². The molecule has 0 atom stereocenters. The van der Waals surface area contributed by atoms with Gasteiger partial charge in [0, 0.05) is 15.7 Å². The number of amides is 4. The molecule has 2 aromatic carbocycles. The smallest absolute Gasteiger partial charge is 0.273 e. The van der Waals surface area contributed by atoms with E-state index in [2.05, 4.69) is 26.3 Å². The second kappa shape index (κ2) is 8.68. The highest BCUT2D eigenvalue weighted by molar-refractivity contribution is 9.10. The molecular formula is C26H25BrN4O3. The highest BCUT2D eigenvalue weighted by atomic mass is 79.9. The molecule has 0 aliphatic carbocycles. The van der Waals surface area contributed by atoms with E-state index >= 15 is 0 Å². The van der Waals surface area contributed by atoms with Gasteiger partial charge >= 0.3 is 6.03 Å². The first kappa shape index (κ1) is 23.6. The Hall–Kier alpha value is -3.52. The summed E-state index contributed by atoms with van der Waals surface area (Å²) in [6.07, 6.45) is 1.52. The Morgan fingerprint density at radius 1 is 0.912 bits per heavy atom. The van der Waals surface area contributed by atoms with Crippen molar-refractivity contribution in [1.29, 1.82) is 0 Å². The number of hydrogen-bond donors (Lipinski definition) is 1. The summed E-state index contributed by atoms with van der Waals surface area (Å²) in [6, 6.07) is 8.75. The van der Waals surface area contributed by atoms with Crippen LogP contribution in [0.4, 0.5) is 10.5 Å². The van der Waals surface area contributed by atoms with E-state index in [1.54, 1.807) is 16.8 Å². The van der Waals surface area contributed by atoms with Crippen molar-refractivity contribution in [3.8, 4) is 5.69 Å². The highest BCUT2D eigenvalue weighted by Crippen LogP contribution is 2.31. The molecule has 1 N–H and O–H groups in total. The first-order valence-corrected chi connectivity index (χ1v) is 11.6. The van der Waals surface area contributed by atoms with Crippen LogP contribution in [0.1, 0.15) is 39.2 Å². The van der Waals surface area contributed by atoms with Crippen LogP contribution in [0.2, 0.25) is 0 Å². The van der Waals surface area contributed by atoms with Crippen LogP contribution < -0.4 is 10.2 Å². The number of barbiturate groups is 1. The van der Waals surface area contributed by atoms with Gasteiger partial charge in [0.05, 0.1) is 17.1 Å². The van der Waals surface area contributed by atoms with Crippen LogP contribution in [0, 0.1) is 41.5 Å². The zero-order chi connectivity index (χ0) is 24.9. The van der Waals surface area contributed by atoms with E-state index < -0.39 is 17.8 Å². The number of halogens is 1. The number of aromatic nitrogens is 2. The summed E-state index contributed by atoms with van der Waals surface area (Å²) in [5, 5.41) is 6.94. The molecule has 1 aromatic heterocycles. The molecule has 1 aliphatic heterocycles. The van der Waals surface area contributed by atoms with Crippen molar-refractivity contribution < 1.29 is 14.4 Å². The molecule has 0 unspecified atom stereocenters. The molecule has 34 heavy (non-hydrogen) atoms. The number of nitrogens with one attached hydrogen (secondary N) is 1. The van der Waals surface area contributed by atoms with Crippen LogP contribution in [0.3, 0.4) is 0 Å². The molecule has 2 heterocycles. The van der Waals surface area contributed by atoms with Crippen molar-refractivity contribution in [2.75, 3.05) is 4.90 Å². The maximum absolute atomic E-state index is 13.4. The summed E-state index contributed by atoms with van der Waals surface area (Å²) in [4.78, 5) is 39.8. The molecule has 7 nitrogen and oxygen atoms in total. The number of carbonyl (C=O) groups is 3. The minimum Gasteiger partial charge on any atom is -0.273 e. The molecule has 4 amide bonds. The SMILES string of the molecule is Cc1ccc(-n2nc(C)c(/C=C3\C(=O)NC(=O)N(c4ccc(Br)c(C)c4C)C3=O)c2C)cc1C. The summed E-state index contributed by atoms with van der Waals surface area (Å²) in [7, 11) is 0. The van der Waals surface area contributed by atoms with E-state index in [1.807, 2.05) is 59.7 Å². The largest absolute Gasteiger partial charge is 0.335 e.